The van der Waals surface area contributed by atoms with Crippen LogP contribution in [-0.2, 0) is 11.3 Å². The predicted octanol–water partition coefficient (Wildman–Crippen LogP) is 3.54. The number of hydrogen-bond acceptors (Lipinski definition) is 7. The normalized spacial score (nSPS) is 12.0. The molecule has 0 aliphatic rings. The minimum atomic E-state index is -0.759. The number of H-pyrrole nitrogens is 1. The predicted molar refractivity (Wildman–Crippen MR) is 117 cm³/mol. The third-order valence-electron chi connectivity index (χ3n) is 4.28. The van der Waals surface area contributed by atoms with E-state index in [1.165, 1.54) is 23.7 Å². The van der Waals surface area contributed by atoms with Gasteiger partial charge in [0.25, 0.3) is 5.91 Å². The maximum Gasteiger partial charge on any atom is 0.287 e. The zero-order valence-corrected chi connectivity index (χ0v) is 18.4. The van der Waals surface area contributed by atoms with Crippen molar-refractivity contribution in [2.24, 2.45) is 5.92 Å². The summed E-state index contributed by atoms with van der Waals surface area (Å²) in [6.07, 6.45) is 3.13. The fourth-order valence-electron chi connectivity index (χ4n) is 2.79. The molecule has 1 atom stereocenters. The molecule has 3 aromatic rings. The molecule has 0 saturated carbocycles. The Morgan fingerprint density at radius 3 is 2.87 bits per heavy atom. The van der Waals surface area contributed by atoms with Crippen LogP contribution in [0.4, 0.5) is 5.13 Å². The minimum absolute atomic E-state index is 0.144. The van der Waals surface area contributed by atoms with E-state index in [0.29, 0.717) is 28.0 Å². The highest BCUT2D eigenvalue weighted by Gasteiger charge is 2.27. The number of aromatic amines is 1. The monoisotopic (exact) mass is 446 g/mol. The smallest absolute Gasteiger partial charge is 0.287 e. The van der Waals surface area contributed by atoms with Crippen molar-refractivity contribution in [1.29, 1.82) is 0 Å². The summed E-state index contributed by atoms with van der Waals surface area (Å²) in [4.78, 5) is 30.3. The number of amides is 2. The van der Waals surface area contributed by atoms with Crippen LogP contribution in [0.1, 0.15) is 30.1 Å². The van der Waals surface area contributed by atoms with Crippen LogP contribution >= 0.6 is 23.6 Å². The molecule has 0 aliphatic heterocycles. The summed E-state index contributed by atoms with van der Waals surface area (Å²) in [5, 5.41) is 13.0. The molecule has 3 aromatic heterocycles. The molecule has 0 radical (unpaired) electrons. The molecular weight excluding hydrogens is 424 g/mol. The maximum atomic E-state index is 12.8. The topological polar surface area (TPSA) is 118 Å². The maximum absolute atomic E-state index is 12.8. The number of anilines is 1. The van der Waals surface area contributed by atoms with Crippen LogP contribution < -0.4 is 10.6 Å². The van der Waals surface area contributed by atoms with Gasteiger partial charge in [0.1, 0.15) is 6.04 Å². The highest BCUT2D eigenvalue weighted by atomic mass is 32.1. The number of furan rings is 1. The van der Waals surface area contributed by atoms with Gasteiger partial charge in [-0.3, -0.25) is 19.3 Å². The summed E-state index contributed by atoms with van der Waals surface area (Å²) in [5.41, 5.74) is 0.704. The number of nitrogens with zero attached hydrogens (tertiary/aromatic N) is 3. The lowest BCUT2D eigenvalue weighted by Crippen LogP contribution is -2.47. The first-order valence-electron chi connectivity index (χ1n) is 9.21. The molecule has 0 aliphatic carbocycles. The van der Waals surface area contributed by atoms with E-state index in [2.05, 4.69) is 32.4 Å². The van der Waals surface area contributed by atoms with Crippen LogP contribution in [0.15, 0.2) is 35.5 Å². The number of rotatable bonds is 8. The number of hydrogen-bond donors (Lipinski definition) is 3. The second kappa shape index (κ2) is 9.18. The van der Waals surface area contributed by atoms with E-state index < -0.39 is 11.9 Å². The van der Waals surface area contributed by atoms with Crippen LogP contribution in [0, 0.1) is 17.6 Å². The highest BCUT2D eigenvalue weighted by molar-refractivity contribution is 7.71. The molecule has 0 spiro atoms. The average Bonchev–Trinajstić information content (AvgIpc) is 3.41. The van der Waals surface area contributed by atoms with Gasteiger partial charge in [-0.05, 0) is 37.2 Å². The zero-order valence-electron chi connectivity index (χ0n) is 16.8. The van der Waals surface area contributed by atoms with Gasteiger partial charge in [0.2, 0.25) is 5.91 Å². The van der Waals surface area contributed by atoms with E-state index in [0.717, 1.165) is 4.88 Å². The molecule has 1 unspecified atom stereocenters. The largest absolute Gasteiger partial charge is 0.459 e. The molecule has 11 heteroatoms. The quantitative estimate of drug-likeness (QED) is 0.360. The molecule has 0 bridgehead atoms. The second-order valence-corrected chi connectivity index (χ2v) is 8.23. The van der Waals surface area contributed by atoms with Crippen LogP contribution in [0.2, 0.25) is 0 Å². The molecule has 3 N–H and O–H groups in total. The van der Waals surface area contributed by atoms with Crippen molar-refractivity contribution in [1.82, 2.24) is 25.1 Å². The summed E-state index contributed by atoms with van der Waals surface area (Å²) in [6.45, 7) is 9.76. The van der Waals surface area contributed by atoms with Gasteiger partial charge in [0, 0.05) is 6.54 Å². The Kier molecular flexibility index (Phi) is 6.63. The number of carbonyl (C=O) groups excluding carboxylic acids is 2. The molecule has 3 rings (SSSR count). The molecule has 158 valence electrons. The molecule has 0 aromatic carbocycles. The summed E-state index contributed by atoms with van der Waals surface area (Å²) >= 11 is 6.54. The SMILES string of the molecule is C=CCn1c(-c2sc(NC(=O)C(NC(=O)c3ccco3)C(C)C)nc2C)n[nH]c1=S. The van der Waals surface area contributed by atoms with Gasteiger partial charge in [-0.2, -0.15) is 5.10 Å². The fraction of sp³-hybridized carbons (Fsp3) is 0.316. The van der Waals surface area contributed by atoms with Gasteiger partial charge >= 0.3 is 0 Å². The van der Waals surface area contributed by atoms with E-state index in [-0.39, 0.29) is 17.6 Å². The fourth-order valence-corrected chi connectivity index (χ4v) is 3.96. The Labute approximate surface area is 182 Å². The Hall–Kier alpha value is -3.05. The lowest BCUT2D eigenvalue weighted by Gasteiger charge is -2.20. The van der Waals surface area contributed by atoms with E-state index in [9.17, 15) is 9.59 Å². The standard InChI is InChI=1S/C19H22N6O3S2/c1-5-8-25-15(23-24-19(25)29)14-11(4)20-18(30-14)22-17(27)13(10(2)3)21-16(26)12-7-6-9-28-12/h5-7,9-10,13H,1,8H2,2-4H3,(H,21,26)(H,24,29)(H,20,22,27). The van der Waals surface area contributed by atoms with Crippen molar-refractivity contribution in [3.05, 3.63) is 47.3 Å². The van der Waals surface area contributed by atoms with E-state index in [1.807, 2.05) is 20.8 Å². The summed E-state index contributed by atoms with van der Waals surface area (Å²) in [6, 6.07) is 2.39. The second-order valence-electron chi connectivity index (χ2n) is 6.85. The molecule has 0 fully saturated rings. The molecule has 2 amide bonds. The van der Waals surface area contributed by atoms with Crippen LogP contribution in [0.5, 0.6) is 0 Å². The number of aryl methyl sites for hydroxylation is 1. The number of carbonyl (C=O) groups is 2. The zero-order chi connectivity index (χ0) is 21.8. The number of aromatic nitrogens is 4. The summed E-state index contributed by atoms with van der Waals surface area (Å²) < 4.78 is 7.37. The van der Waals surface area contributed by atoms with Gasteiger partial charge in [0.05, 0.1) is 16.8 Å². The number of nitrogens with one attached hydrogen (secondary N) is 3. The van der Waals surface area contributed by atoms with Gasteiger partial charge < -0.3 is 15.1 Å². The van der Waals surface area contributed by atoms with Gasteiger partial charge in [0.15, 0.2) is 21.5 Å². The molecule has 3 heterocycles. The third kappa shape index (κ3) is 4.57. The average molecular weight is 447 g/mol. The first-order valence-corrected chi connectivity index (χ1v) is 10.4. The van der Waals surface area contributed by atoms with Gasteiger partial charge in [-0.1, -0.05) is 31.3 Å². The Morgan fingerprint density at radius 1 is 1.47 bits per heavy atom. The van der Waals surface area contributed by atoms with E-state index >= 15 is 0 Å². The minimum Gasteiger partial charge on any atom is -0.459 e. The number of allylic oxidation sites excluding steroid dienone is 1. The third-order valence-corrected chi connectivity index (χ3v) is 5.66. The first kappa shape index (κ1) is 21.7. The molecular formula is C19H22N6O3S2. The van der Waals surface area contributed by atoms with Crippen molar-refractivity contribution in [3.8, 4) is 10.7 Å². The van der Waals surface area contributed by atoms with Gasteiger partial charge in [-0.25, -0.2) is 4.98 Å². The first-order chi connectivity index (χ1) is 14.3. The summed E-state index contributed by atoms with van der Waals surface area (Å²) in [7, 11) is 0. The van der Waals surface area contributed by atoms with Crippen molar-refractivity contribution >= 4 is 40.5 Å². The van der Waals surface area contributed by atoms with Crippen molar-refractivity contribution in [2.75, 3.05) is 5.32 Å². The van der Waals surface area contributed by atoms with Crippen LogP contribution in [0.3, 0.4) is 0 Å². The van der Waals surface area contributed by atoms with E-state index in [1.54, 1.807) is 16.7 Å². The van der Waals surface area contributed by atoms with Crippen LogP contribution in [-0.4, -0.2) is 37.6 Å². The Balaban J connectivity index is 1.79. The lowest BCUT2D eigenvalue weighted by molar-refractivity contribution is -0.118. The molecule has 9 nitrogen and oxygen atoms in total. The van der Waals surface area contributed by atoms with Crippen molar-refractivity contribution < 1.29 is 14.0 Å². The van der Waals surface area contributed by atoms with Gasteiger partial charge in [-0.15, -0.1) is 6.58 Å². The Morgan fingerprint density at radius 2 is 2.23 bits per heavy atom. The lowest BCUT2D eigenvalue weighted by atomic mass is 10.0. The van der Waals surface area contributed by atoms with Crippen molar-refractivity contribution in [3.63, 3.8) is 0 Å². The van der Waals surface area contributed by atoms with Crippen molar-refractivity contribution in [2.45, 2.75) is 33.4 Å². The number of thiazole rings is 1. The van der Waals surface area contributed by atoms with Crippen LogP contribution in [0.25, 0.3) is 10.7 Å². The molecule has 0 saturated heterocycles. The highest BCUT2D eigenvalue weighted by Crippen LogP contribution is 2.31. The molecule has 30 heavy (non-hydrogen) atoms. The van der Waals surface area contributed by atoms with E-state index in [4.69, 9.17) is 16.6 Å². The Bertz CT molecular complexity index is 1110. The summed E-state index contributed by atoms with van der Waals surface area (Å²) in [5.74, 6) is -0.193.